The van der Waals surface area contributed by atoms with Gasteiger partial charge in [-0.05, 0) is 42.9 Å². The molecule has 0 aromatic heterocycles. The number of aliphatic hydroxyl groups is 1. The Labute approximate surface area is 122 Å². The Balaban J connectivity index is 1.89. The number of carbonyl (C=O) groups excluding carboxylic acids is 1. The van der Waals surface area contributed by atoms with Gasteiger partial charge >= 0.3 is 0 Å². The number of hydrogen-bond donors (Lipinski definition) is 2. The van der Waals surface area contributed by atoms with Gasteiger partial charge in [-0.1, -0.05) is 35.0 Å². The molecular weight excluding hydrogens is 306 g/mol. The van der Waals surface area contributed by atoms with Crippen molar-refractivity contribution in [3.8, 4) is 0 Å². The summed E-state index contributed by atoms with van der Waals surface area (Å²) in [7, 11) is 0. The summed E-state index contributed by atoms with van der Waals surface area (Å²) in [6.07, 6.45) is 3.33. The van der Waals surface area contributed by atoms with Gasteiger partial charge in [-0.2, -0.15) is 0 Å². The minimum atomic E-state index is -0.337. The van der Waals surface area contributed by atoms with Crippen LogP contribution in [0.4, 0.5) is 0 Å². The molecule has 3 nitrogen and oxygen atoms in total. The third-order valence-electron chi connectivity index (χ3n) is 3.95. The second kappa shape index (κ2) is 6.06. The Morgan fingerprint density at radius 1 is 1.42 bits per heavy atom. The van der Waals surface area contributed by atoms with Crippen molar-refractivity contribution in [3.63, 3.8) is 0 Å². The van der Waals surface area contributed by atoms with Crippen molar-refractivity contribution in [3.05, 3.63) is 34.3 Å². The Bertz CT molecular complexity index is 434. The van der Waals surface area contributed by atoms with Gasteiger partial charge in [0.1, 0.15) is 0 Å². The normalized spacial score (nSPS) is 18.5. The molecule has 1 amide bonds. The second-order valence-corrected chi connectivity index (χ2v) is 6.41. The SMILES string of the molecule is CC(CC(=O)NC1(CO)CCC1)c1ccc(Br)cc1. The zero-order valence-corrected chi connectivity index (χ0v) is 12.7. The number of nitrogens with one attached hydrogen (secondary N) is 1. The topological polar surface area (TPSA) is 49.3 Å². The van der Waals surface area contributed by atoms with Crippen molar-refractivity contribution in [1.29, 1.82) is 0 Å². The molecule has 1 unspecified atom stereocenters. The molecule has 4 heteroatoms. The molecule has 0 saturated heterocycles. The molecule has 0 spiro atoms. The second-order valence-electron chi connectivity index (χ2n) is 5.50. The number of aliphatic hydroxyl groups excluding tert-OH is 1. The largest absolute Gasteiger partial charge is 0.394 e. The van der Waals surface area contributed by atoms with Crippen LogP contribution in [-0.4, -0.2) is 23.2 Å². The van der Waals surface area contributed by atoms with E-state index in [4.69, 9.17) is 0 Å². The molecule has 19 heavy (non-hydrogen) atoms. The van der Waals surface area contributed by atoms with E-state index in [1.54, 1.807) is 0 Å². The predicted molar refractivity (Wildman–Crippen MR) is 79.0 cm³/mol. The highest BCUT2D eigenvalue weighted by Crippen LogP contribution is 2.31. The average molecular weight is 326 g/mol. The number of halogens is 1. The summed E-state index contributed by atoms with van der Waals surface area (Å²) in [5, 5.41) is 12.3. The van der Waals surface area contributed by atoms with Crippen molar-refractivity contribution in [2.24, 2.45) is 0 Å². The summed E-state index contributed by atoms with van der Waals surface area (Å²) in [5.74, 6) is 0.216. The van der Waals surface area contributed by atoms with Crippen LogP contribution in [0.5, 0.6) is 0 Å². The van der Waals surface area contributed by atoms with E-state index in [0.29, 0.717) is 6.42 Å². The monoisotopic (exact) mass is 325 g/mol. The lowest BCUT2D eigenvalue weighted by molar-refractivity contribution is -0.125. The number of rotatable bonds is 5. The molecular formula is C15H20BrNO2. The van der Waals surface area contributed by atoms with Gasteiger partial charge in [0.05, 0.1) is 12.1 Å². The summed E-state index contributed by atoms with van der Waals surface area (Å²) < 4.78 is 1.04. The van der Waals surface area contributed by atoms with Crippen molar-refractivity contribution < 1.29 is 9.90 Å². The summed E-state index contributed by atoms with van der Waals surface area (Å²) in [6, 6.07) is 8.05. The molecule has 1 fully saturated rings. The molecule has 1 aromatic rings. The van der Waals surface area contributed by atoms with Gasteiger partial charge in [0.2, 0.25) is 5.91 Å². The van der Waals surface area contributed by atoms with Gasteiger partial charge in [0.15, 0.2) is 0 Å². The Hall–Kier alpha value is -0.870. The van der Waals surface area contributed by atoms with Gasteiger partial charge in [-0.15, -0.1) is 0 Å². The lowest BCUT2D eigenvalue weighted by atomic mass is 9.77. The van der Waals surface area contributed by atoms with Crippen molar-refractivity contribution in [2.45, 2.75) is 44.1 Å². The molecule has 0 heterocycles. The third-order valence-corrected chi connectivity index (χ3v) is 4.48. The lowest BCUT2D eigenvalue weighted by Crippen LogP contribution is -2.56. The maximum absolute atomic E-state index is 12.0. The Morgan fingerprint density at radius 2 is 2.05 bits per heavy atom. The first kappa shape index (κ1) is 14.5. The molecule has 0 radical (unpaired) electrons. The fourth-order valence-corrected chi connectivity index (χ4v) is 2.72. The molecule has 2 N–H and O–H groups in total. The first-order chi connectivity index (χ1) is 9.04. The van der Waals surface area contributed by atoms with Crippen LogP contribution in [0.25, 0.3) is 0 Å². The van der Waals surface area contributed by atoms with E-state index in [0.717, 1.165) is 29.3 Å². The molecule has 2 rings (SSSR count). The van der Waals surface area contributed by atoms with E-state index in [-0.39, 0.29) is 24.0 Å². The molecule has 1 aromatic carbocycles. The van der Waals surface area contributed by atoms with Gasteiger partial charge in [-0.25, -0.2) is 0 Å². The average Bonchev–Trinajstić information content (AvgIpc) is 2.34. The number of hydrogen-bond acceptors (Lipinski definition) is 2. The van der Waals surface area contributed by atoms with Crippen LogP contribution in [0, 0.1) is 0 Å². The van der Waals surface area contributed by atoms with Crippen LogP contribution in [0.1, 0.15) is 44.1 Å². The van der Waals surface area contributed by atoms with Crippen molar-refractivity contribution >= 4 is 21.8 Å². The maximum atomic E-state index is 12.0. The van der Waals surface area contributed by atoms with Crippen molar-refractivity contribution in [2.75, 3.05) is 6.61 Å². The van der Waals surface area contributed by atoms with E-state index < -0.39 is 0 Å². The number of benzene rings is 1. The summed E-state index contributed by atoms with van der Waals surface area (Å²) >= 11 is 3.40. The maximum Gasteiger partial charge on any atom is 0.221 e. The van der Waals surface area contributed by atoms with E-state index in [2.05, 4.69) is 28.2 Å². The zero-order valence-electron chi connectivity index (χ0n) is 11.2. The molecule has 104 valence electrons. The molecule has 1 saturated carbocycles. The molecule has 0 aliphatic heterocycles. The number of carbonyl (C=O) groups is 1. The van der Waals surface area contributed by atoms with Crippen LogP contribution in [-0.2, 0) is 4.79 Å². The Morgan fingerprint density at radius 3 is 2.53 bits per heavy atom. The zero-order chi connectivity index (χ0) is 13.9. The fourth-order valence-electron chi connectivity index (χ4n) is 2.46. The van der Waals surface area contributed by atoms with Crippen molar-refractivity contribution in [1.82, 2.24) is 5.32 Å². The smallest absolute Gasteiger partial charge is 0.221 e. The predicted octanol–water partition coefficient (Wildman–Crippen LogP) is 2.97. The van der Waals surface area contributed by atoms with E-state index in [1.165, 1.54) is 0 Å². The standard InChI is InChI=1S/C15H20BrNO2/c1-11(12-3-5-13(16)6-4-12)9-14(19)17-15(10-18)7-2-8-15/h3-6,11,18H,2,7-10H2,1H3,(H,17,19). The van der Waals surface area contributed by atoms with Crippen LogP contribution in [0.3, 0.4) is 0 Å². The third kappa shape index (κ3) is 3.57. The molecule has 1 aliphatic rings. The molecule has 1 atom stereocenters. The first-order valence-corrected chi connectivity index (χ1v) is 7.51. The first-order valence-electron chi connectivity index (χ1n) is 6.72. The van der Waals surface area contributed by atoms with Crippen LogP contribution >= 0.6 is 15.9 Å². The highest BCUT2D eigenvalue weighted by atomic mass is 79.9. The van der Waals surface area contributed by atoms with Gasteiger partial charge < -0.3 is 10.4 Å². The van der Waals surface area contributed by atoms with E-state index in [9.17, 15) is 9.90 Å². The molecule has 1 aliphatic carbocycles. The van der Waals surface area contributed by atoms with Crippen LogP contribution < -0.4 is 5.32 Å². The van der Waals surface area contributed by atoms with Gasteiger partial charge in [-0.3, -0.25) is 4.79 Å². The Kier molecular flexibility index (Phi) is 4.63. The van der Waals surface area contributed by atoms with Crippen LogP contribution in [0.15, 0.2) is 28.7 Å². The van der Waals surface area contributed by atoms with E-state index >= 15 is 0 Å². The van der Waals surface area contributed by atoms with Gasteiger partial charge in [0, 0.05) is 10.9 Å². The van der Waals surface area contributed by atoms with E-state index in [1.807, 2.05) is 24.3 Å². The summed E-state index contributed by atoms with van der Waals surface area (Å²) in [4.78, 5) is 12.0. The summed E-state index contributed by atoms with van der Waals surface area (Å²) in [5.41, 5.74) is 0.821. The minimum Gasteiger partial charge on any atom is -0.394 e. The fraction of sp³-hybridized carbons (Fsp3) is 0.533. The quantitative estimate of drug-likeness (QED) is 0.874. The van der Waals surface area contributed by atoms with Gasteiger partial charge in [0.25, 0.3) is 0 Å². The number of amides is 1. The van der Waals surface area contributed by atoms with Crippen LogP contribution in [0.2, 0.25) is 0 Å². The summed E-state index contributed by atoms with van der Waals surface area (Å²) in [6.45, 7) is 2.10. The molecule has 0 bridgehead atoms. The highest BCUT2D eigenvalue weighted by molar-refractivity contribution is 9.10. The lowest BCUT2D eigenvalue weighted by Gasteiger charge is -2.41. The highest BCUT2D eigenvalue weighted by Gasteiger charge is 2.37. The minimum absolute atomic E-state index is 0.0316.